The zero-order chi connectivity index (χ0) is 26.4. The van der Waals surface area contributed by atoms with Crippen LogP contribution in [0, 0.1) is 22.6 Å². The van der Waals surface area contributed by atoms with Crippen molar-refractivity contribution in [1.29, 1.82) is 0 Å². The Morgan fingerprint density at radius 3 is 2.49 bits per heavy atom. The van der Waals surface area contributed by atoms with E-state index in [0.717, 1.165) is 4.57 Å². The third kappa shape index (κ3) is 4.72. The van der Waals surface area contributed by atoms with E-state index in [0.29, 0.717) is 38.9 Å². The molecule has 190 valence electrons. The number of fused-ring (bicyclic) bond motifs is 1. The summed E-state index contributed by atoms with van der Waals surface area (Å²) >= 11 is 7.02. The van der Waals surface area contributed by atoms with Gasteiger partial charge in [-0.1, -0.05) is 22.9 Å². The Bertz CT molecular complexity index is 1800. The Balaban J connectivity index is 1.65. The van der Waals surface area contributed by atoms with Gasteiger partial charge in [0.2, 0.25) is 11.1 Å². The highest BCUT2D eigenvalue weighted by molar-refractivity contribution is 7.08. The van der Waals surface area contributed by atoms with Crippen LogP contribution < -0.4 is 16.7 Å². The van der Waals surface area contributed by atoms with Crippen molar-refractivity contribution in [3.63, 3.8) is 0 Å². The molecule has 0 aliphatic rings. The van der Waals surface area contributed by atoms with Crippen LogP contribution in [0.5, 0.6) is 0 Å². The number of thiazole rings is 1. The van der Waals surface area contributed by atoms with Crippen molar-refractivity contribution < 1.29 is 17.6 Å². The molecule has 5 rings (SSSR count). The molecule has 1 N–H and O–H groups in total. The number of rotatable bonds is 6. The average Bonchev–Trinajstić information content (AvgIpc) is 3.40. The summed E-state index contributed by atoms with van der Waals surface area (Å²) in [6.45, 7) is -1.20. The van der Waals surface area contributed by atoms with E-state index in [1.54, 1.807) is 30.1 Å². The number of anilines is 2. The quantitative estimate of drug-likeness (QED) is 0.255. The lowest BCUT2D eigenvalue weighted by atomic mass is 10.2. The molecule has 3 heterocycles. The topological polar surface area (TPSA) is 99.6 Å². The van der Waals surface area contributed by atoms with Gasteiger partial charge in [0.1, 0.15) is 11.5 Å². The van der Waals surface area contributed by atoms with Gasteiger partial charge in [0.05, 0.1) is 34.8 Å². The maximum absolute atomic E-state index is 14.5. The fourth-order valence-corrected chi connectivity index (χ4v) is 4.38. The Kier molecular flexibility index (Phi) is 6.29. The van der Waals surface area contributed by atoms with Crippen LogP contribution in [0.1, 0.15) is 11.3 Å². The summed E-state index contributed by atoms with van der Waals surface area (Å²) in [7, 11) is 1.71. The maximum atomic E-state index is 14.5. The van der Waals surface area contributed by atoms with Crippen LogP contribution in [-0.2, 0) is 20.1 Å². The number of hydrogen-bond donors (Lipinski definition) is 1. The van der Waals surface area contributed by atoms with E-state index in [4.69, 9.17) is 11.6 Å². The first-order valence-corrected chi connectivity index (χ1v) is 11.7. The van der Waals surface area contributed by atoms with Crippen LogP contribution in [0.15, 0.2) is 45.6 Å². The molecule has 2 aromatic carbocycles. The molecule has 5 aromatic rings. The molecular formula is C22H14ClF4N7O2S. The van der Waals surface area contributed by atoms with Crippen LogP contribution in [-0.4, -0.2) is 28.9 Å². The normalized spacial score (nSPS) is 11.4. The predicted octanol–water partition coefficient (Wildman–Crippen LogP) is 3.80. The van der Waals surface area contributed by atoms with Gasteiger partial charge in [0.15, 0.2) is 11.6 Å². The van der Waals surface area contributed by atoms with Gasteiger partial charge in [-0.3, -0.25) is 9.25 Å². The van der Waals surface area contributed by atoms with Gasteiger partial charge in [0.25, 0.3) is 0 Å². The largest absolute Gasteiger partial charge is 0.355 e. The van der Waals surface area contributed by atoms with Gasteiger partial charge in [-0.05, 0) is 18.2 Å². The molecule has 0 amide bonds. The molecule has 0 aliphatic carbocycles. The van der Waals surface area contributed by atoms with Crippen molar-refractivity contribution in [3.05, 3.63) is 95.8 Å². The van der Waals surface area contributed by atoms with Gasteiger partial charge in [0, 0.05) is 30.3 Å². The van der Waals surface area contributed by atoms with Crippen molar-refractivity contribution in [1.82, 2.24) is 28.9 Å². The second-order valence-electron chi connectivity index (χ2n) is 7.92. The molecular weight excluding hydrogens is 538 g/mol. The fraction of sp³-hybridized carbons (Fsp3) is 0.136. The van der Waals surface area contributed by atoms with Gasteiger partial charge >= 0.3 is 11.4 Å². The lowest BCUT2D eigenvalue weighted by molar-refractivity contribution is 0.485. The second-order valence-corrected chi connectivity index (χ2v) is 9.13. The number of nitrogens with zero attached hydrogens (tertiary/aromatic N) is 6. The van der Waals surface area contributed by atoms with Crippen molar-refractivity contribution >= 4 is 45.5 Å². The summed E-state index contributed by atoms with van der Waals surface area (Å²) in [6.07, 6.45) is 1.70. The highest BCUT2D eigenvalue weighted by Gasteiger charge is 2.20. The van der Waals surface area contributed by atoms with Gasteiger partial charge in [-0.25, -0.2) is 32.3 Å². The monoisotopic (exact) mass is 551 g/mol. The molecule has 15 heteroatoms. The van der Waals surface area contributed by atoms with Crippen LogP contribution in [0.3, 0.4) is 0 Å². The number of aromatic nitrogens is 6. The molecule has 0 spiro atoms. The lowest BCUT2D eigenvalue weighted by Gasteiger charge is -2.16. The molecule has 0 aliphatic heterocycles. The summed E-state index contributed by atoms with van der Waals surface area (Å²) < 4.78 is 58.7. The van der Waals surface area contributed by atoms with E-state index < -0.39 is 52.6 Å². The Morgan fingerprint density at radius 2 is 1.76 bits per heavy atom. The van der Waals surface area contributed by atoms with E-state index in [2.05, 4.69) is 20.4 Å². The summed E-state index contributed by atoms with van der Waals surface area (Å²) in [5.41, 5.74) is -0.653. The number of benzene rings is 2. The van der Waals surface area contributed by atoms with Gasteiger partial charge in [-0.15, -0.1) is 0 Å². The summed E-state index contributed by atoms with van der Waals surface area (Å²) in [5, 5.41) is 7.15. The van der Waals surface area contributed by atoms with E-state index >= 15 is 0 Å². The molecule has 0 fully saturated rings. The van der Waals surface area contributed by atoms with Gasteiger partial charge < -0.3 is 5.32 Å². The minimum atomic E-state index is -1.41. The third-order valence-electron chi connectivity index (χ3n) is 5.42. The van der Waals surface area contributed by atoms with E-state index in [1.165, 1.54) is 5.51 Å². The second kappa shape index (κ2) is 9.44. The average molecular weight is 552 g/mol. The number of halogens is 5. The molecule has 9 nitrogen and oxygen atoms in total. The zero-order valence-electron chi connectivity index (χ0n) is 18.7. The van der Waals surface area contributed by atoms with Crippen molar-refractivity contribution in [2.45, 2.75) is 13.1 Å². The maximum Gasteiger partial charge on any atom is 0.355 e. The molecule has 0 saturated carbocycles. The highest BCUT2D eigenvalue weighted by Crippen LogP contribution is 2.29. The first kappa shape index (κ1) is 24.6. The van der Waals surface area contributed by atoms with Crippen LogP contribution in [0.2, 0.25) is 5.02 Å². The minimum absolute atomic E-state index is 0.166. The number of hydrogen-bond acceptors (Lipinski definition) is 7. The fourth-order valence-electron chi connectivity index (χ4n) is 3.65. The van der Waals surface area contributed by atoms with Crippen LogP contribution in [0.4, 0.5) is 29.2 Å². The summed E-state index contributed by atoms with van der Waals surface area (Å²) in [4.78, 5) is 33.8. The number of nitrogens with one attached hydrogen (secondary N) is 1. The molecule has 0 bridgehead atoms. The van der Waals surface area contributed by atoms with Crippen molar-refractivity contribution in [3.8, 4) is 0 Å². The van der Waals surface area contributed by atoms with Gasteiger partial charge in [-0.2, -0.15) is 14.5 Å². The minimum Gasteiger partial charge on any atom is -0.324 e. The first-order chi connectivity index (χ1) is 17.6. The van der Waals surface area contributed by atoms with Crippen molar-refractivity contribution in [2.75, 3.05) is 5.32 Å². The standard InChI is InChI=1S/C22H14ClF4N7O2S/c1-32-6-11-3-17(12(23)4-16(11)31-32)29-20-30-21(35)34(8-18-19(27)37-9-28-18)22(36)33(20)7-10-2-14(25)15(26)5-13(10)24/h2-6,9H,7-8H2,1H3,(H,29,30,35). The highest BCUT2D eigenvalue weighted by atomic mass is 35.5. The molecule has 0 saturated heterocycles. The first-order valence-electron chi connectivity index (χ1n) is 10.4. The van der Waals surface area contributed by atoms with Crippen LogP contribution in [0.25, 0.3) is 10.9 Å². The smallest absolute Gasteiger partial charge is 0.324 e. The van der Waals surface area contributed by atoms with Crippen LogP contribution >= 0.6 is 22.9 Å². The molecule has 0 radical (unpaired) electrons. The molecule has 0 atom stereocenters. The zero-order valence-corrected chi connectivity index (χ0v) is 20.2. The number of aryl methyl sites for hydroxylation is 1. The Labute approximate surface area is 213 Å². The summed E-state index contributed by atoms with van der Waals surface area (Å²) in [5.74, 6) is -4.24. The molecule has 3 aromatic heterocycles. The SMILES string of the molecule is Cn1cc2cc(Nc3nc(=O)n(Cc4ncsc4F)c(=O)n3Cc3cc(F)c(F)cc3F)c(Cl)cc2n1. The summed E-state index contributed by atoms with van der Waals surface area (Å²) in [6, 6.07) is 4.06. The predicted molar refractivity (Wildman–Crippen MR) is 128 cm³/mol. The third-order valence-corrected chi connectivity index (χ3v) is 6.39. The molecule has 0 unspecified atom stereocenters. The Morgan fingerprint density at radius 1 is 1.00 bits per heavy atom. The lowest BCUT2D eigenvalue weighted by Crippen LogP contribution is -2.43. The molecule has 37 heavy (non-hydrogen) atoms. The van der Waals surface area contributed by atoms with E-state index in [-0.39, 0.29) is 22.4 Å². The van der Waals surface area contributed by atoms with E-state index in [1.807, 2.05) is 0 Å². The van der Waals surface area contributed by atoms with E-state index in [9.17, 15) is 27.2 Å². The Hall–Kier alpha value is -4.04. The van der Waals surface area contributed by atoms with Crippen molar-refractivity contribution in [2.24, 2.45) is 7.05 Å².